The largest absolute Gasteiger partial charge is 0.495 e. The van der Waals surface area contributed by atoms with Gasteiger partial charge in [0.25, 0.3) is 0 Å². The van der Waals surface area contributed by atoms with Crippen molar-refractivity contribution in [2.45, 2.75) is 37.9 Å². The van der Waals surface area contributed by atoms with Gasteiger partial charge in [0.05, 0.1) is 24.5 Å². The minimum absolute atomic E-state index is 0.0791. The highest BCUT2D eigenvalue weighted by molar-refractivity contribution is 5.91. The van der Waals surface area contributed by atoms with Crippen molar-refractivity contribution in [2.75, 3.05) is 20.0 Å². The van der Waals surface area contributed by atoms with Gasteiger partial charge in [-0.25, -0.2) is 4.79 Å². The van der Waals surface area contributed by atoms with E-state index in [-0.39, 0.29) is 18.2 Å². The zero-order valence-corrected chi connectivity index (χ0v) is 11.9. The summed E-state index contributed by atoms with van der Waals surface area (Å²) in [5, 5.41) is 0. The topological polar surface area (TPSA) is 70.8 Å². The van der Waals surface area contributed by atoms with Crippen molar-refractivity contribution in [1.29, 1.82) is 0 Å². The fourth-order valence-electron chi connectivity index (χ4n) is 2.50. The van der Waals surface area contributed by atoms with Crippen LogP contribution >= 0.6 is 0 Å². The Morgan fingerprint density at radius 2 is 2.00 bits per heavy atom. The van der Waals surface area contributed by atoms with Gasteiger partial charge in [-0.05, 0) is 37.5 Å². The molecule has 0 bridgehead atoms. The van der Waals surface area contributed by atoms with Crippen molar-refractivity contribution in [3.63, 3.8) is 0 Å². The van der Waals surface area contributed by atoms with Gasteiger partial charge in [0.15, 0.2) is 0 Å². The van der Waals surface area contributed by atoms with E-state index in [1.165, 1.54) is 7.11 Å². The summed E-state index contributed by atoms with van der Waals surface area (Å²) in [6, 6.07) is 4.91. The van der Waals surface area contributed by atoms with Crippen LogP contribution in [0.3, 0.4) is 0 Å². The molecule has 1 saturated carbocycles. The molecule has 1 aromatic carbocycles. The number of esters is 1. The second-order valence-corrected chi connectivity index (χ2v) is 5.01. The summed E-state index contributed by atoms with van der Waals surface area (Å²) in [4.78, 5) is 12.1. The first-order chi connectivity index (χ1) is 9.63. The highest BCUT2D eigenvalue weighted by Crippen LogP contribution is 2.26. The van der Waals surface area contributed by atoms with Crippen molar-refractivity contribution in [3.05, 3.63) is 23.8 Å². The summed E-state index contributed by atoms with van der Waals surface area (Å²) in [6.45, 7) is 0. The van der Waals surface area contributed by atoms with Crippen LogP contribution in [-0.4, -0.2) is 32.4 Å². The molecular weight excluding hydrogens is 258 g/mol. The maximum atomic E-state index is 12.1. The Hall–Kier alpha value is -1.75. The highest BCUT2D eigenvalue weighted by Gasteiger charge is 2.25. The van der Waals surface area contributed by atoms with Crippen molar-refractivity contribution in [1.82, 2.24) is 0 Å². The molecule has 0 heterocycles. The SMILES string of the molecule is COc1ccc(C(=O)OC2CCCC(OC)C2)cc1N. The highest BCUT2D eigenvalue weighted by atomic mass is 16.5. The maximum absolute atomic E-state index is 12.1. The molecular formula is C15H21NO4. The van der Waals surface area contributed by atoms with Gasteiger partial charge in [-0.1, -0.05) is 0 Å². The van der Waals surface area contributed by atoms with Crippen molar-refractivity contribution in [2.24, 2.45) is 0 Å². The molecule has 0 spiro atoms. The van der Waals surface area contributed by atoms with Gasteiger partial charge in [0, 0.05) is 13.5 Å². The number of hydrogen-bond donors (Lipinski definition) is 1. The van der Waals surface area contributed by atoms with Crippen LogP contribution in [0.5, 0.6) is 5.75 Å². The number of nitrogens with two attached hydrogens (primary N) is 1. The van der Waals surface area contributed by atoms with Crippen molar-refractivity contribution < 1.29 is 19.0 Å². The van der Waals surface area contributed by atoms with Crippen LogP contribution in [0.15, 0.2) is 18.2 Å². The Balaban J connectivity index is 1.99. The normalized spacial score (nSPS) is 22.3. The molecule has 2 unspecified atom stereocenters. The standard InChI is InChI=1S/C15H21NO4/c1-18-11-4-3-5-12(9-11)20-15(17)10-6-7-14(19-2)13(16)8-10/h6-8,11-12H,3-5,9,16H2,1-2H3. The van der Waals surface area contributed by atoms with Gasteiger partial charge in [0.2, 0.25) is 0 Å². The van der Waals surface area contributed by atoms with Crippen LogP contribution in [0.1, 0.15) is 36.0 Å². The van der Waals surface area contributed by atoms with E-state index in [0.29, 0.717) is 17.0 Å². The summed E-state index contributed by atoms with van der Waals surface area (Å²) < 4.78 is 15.9. The van der Waals surface area contributed by atoms with E-state index in [2.05, 4.69) is 0 Å². The molecule has 0 amide bonds. The molecule has 5 nitrogen and oxygen atoms in total. The number of hydrogen-bond acceptors (Lipinski definition) is 5. The predicted molar refractivity (Wildman–Crippen MR) is 75.9 cm³/mol. The van der Waals surface area contributed by atoms with Gasteiger partial charge in [-0.2, -0.15) is 0 Å². The van der Waals surface area contributed by atoms with E-state index < -0.39 is 0 Å². The first kappa shape index (κ1) is 14.7. The van der Waals surface area contributed by atoms with E-state index in [0.717, 1.165) is 25.7 Å². The predicted octanol–water partition coefficient (Wildman–Crippen LogP) is 2.39. The monoisotopic (exact) mass is 279 g/mol. The minimum Gasteiger partial charge on any atom is -0.495 e. The van der Waals surface area contributed by atoms with Crippen molar-refractivity contribution >= 4 is 11.7 Å². The molecule has 110 valence electrons. The van der Waals surface area contributed by atoms with Crippen LogP contribution < -0.4 is 10.5 Å². The first-order valence-electron chi connectivity index (χ1n) is 6.81. The average molecular weight is 279 g/mol. The van der Waals surface area contributed by atoms with Crippen LogP contribution in [-0.2, 0) is 9.47 Å². The molecule has 0 saturated heterocycles. The first-order valence-corrected chi connectivity index (χ1v) is 6.81. The van der Waals surface area contributed by atoms with Crippen LogP contribution in [0.4, 0.5) is 5.69 Å². The van der Waals surface area contributed by atoms with Crippen LogP contribution in [0, 0.1) is 0 Å². The zero-order valence-electron chi connectivity index (χ0n) is 11.9. The van der Waals surface area contributed by atoms with Gasteiger partial charge in [-0.3, -0.25) is 0 Å². The number of rotatable bonds is 4. The molecule has 2 atom stereocenters. The summed E-state index contributed by atoms with van der Waals surface area (Å²) in [6.07, 6.45) is 3.79. The average Bonchev–Trinajstić information content (AvgIpc) is 2.47. The lowest BCUT2D eigenvalue weighted by atomic mass is 9.95. The van der Waals surface area contributed by atoms with Crippen LogP contribution in [0.25, 0.3) is 0 Å². The van der Waals surface area contributed by atoms with Gasteiger partial charge < -0.3 is 19.9 Å². The molecule has 1 aliphatic rings. The molecule has 1 fully saturated rings. The summed E-state index contributed by atoms with van der Waals surface area (Å²) in [5.41, 5.74) is 6.67. The van der Waals surface area contributed by atoms with Gasteiger partial charge in [0.1, 0.15) is 11.9 Å². The number of carbonyl (C=O) groups is 1. The Bertz CT molecular complexity index is 475. The van der Waals surface area contributed by atoms with Gasteiger partial charge in [-0.15, -0.1) is 0 Å². The fourth-order valence-corrected chi connectivity index (χ4v) is 2.50. The van der Waals surface area contributed by atoms with Crippen LogP contribution in [0.2, 0.25) is 0 Å². The summed E-state index contributed by atoms with van der Waals surface area (Å²) >= 11 is 0. The second kappa shape index (κ2) is 6.61. The molecule has 2 rings (SSSR count). The molecule has 5 heteroatoms. The van der Waals surface area contributed by atoms with Crippen molar-refractivity contribution in [3.8, 4) is 5.75 Å². The third kappa shape index (κ3) is 3.42. The molecule has 0 aromatic heterocycles. The molecule has 0 aliphatic heterocycles. The lowest BCUT2D eigenvalue weighted by Gasteiger charge is -2.27. The van der Waals surface area contributed by atoms with E-state index in [4.69, 9.17) is 19.9 Å². The number of anilines is 1. The van der Waals surface area contributed by atoms with E-state index in [1.807, 2.05) is 0 Å². The number of methoxy groups -OCH3 is 2. The fraction of sp³-hybridized carbons (Fsp3) is 0.533. The van der Waals surface area contributed by atoms with E-state index >= 15 is 0 Å². The van der Waals surface area contributed by atoms with E-state index in [1.54, 1.807) is 25.3 Å². The number of ether oxygens (including phenoxy) is 3. The van der Waals surface area contributed by atoms with Gasteiger partial charge >= 0.3 is 5.97 Å². The Morgan fingerprint density at radius 1 is 1.25 bits per heavy atom. The number of carbonyl (C=O) groups excluding carboxylic acids is 1. The zero-order chi connectivity index (χ0) is 14.5. The lowest BCUT2D eigenvalue weighted by molar-refractivity contribution is -0.0149. The Labute approximate surface area is 119 Å². The Morgan fingerprint density at radius 3 is 2.65 bits per heavy atom. The number of nitrogen functional groups attached to an aromatic ring is 1. The molecule has 2 N–H and O–H groups in total. The lowest BCUT2D eigenvalue weighted by Crippen LogP contribution is -2.29. The molecule has 0 radical (unpaired) electrons. The smallest absolute Gasteiger partial charge is 0.338 e. The van der Waals surface area contributed by atoms with E-state index in [9.17, 15) is 4.79 Å². The quantitative estimate of drug-likeness (QED) is 0.677. The molecule has 1 aromatic rings. The second-order valence-electron chi connectivity index (χ2n) is 5.01. The Kier molecular flexibility index (Phi) is 4.84. The summed E-state index contributed by atoms with van der Waals surface area (Å²) in [7, 11) is 3.23. The molecule has 20 heavy (non-hydrogen) atoms. The third-order valence-electron chi connectivity index (χ3n) is 3.65. The third-order valence-corrected chi connectivity index (χ3v) is 3.65. The number of benzene rings is 1. The minimum atomic E-state index is -0.346. The summed E-state index contributed by atoms with van der Waals surface area (Å²) in [5.74, 6) is 0.208. The maximum Gasteiger partial charge on any atom is 0.338 e. The molecule has 1 aliphatic carbocycles.